The molecule has 26 heavy (non-hydrogen) atoms. The van der Waals surface area contributed by atoms with Crippen molar-refractivity contribution in [2.45, 2.75) is 5.16 Å². The van der Waals surface area contributed by atoms with Gasteiger partial charge in [0.15, 0.2) is 11.0 Å². The normalized spacial score (nSPS) is 10.6. The zero-order valence-corrected chi connectivity index (χ0v) is 15.8. The first kappa shape index (κ1) is 18.3. The number of halogens is 1. The summed E-state index contributed by atoms with van der Waals surface area (Å²) in [7, 11) is 3.45. The number of benzene rings is 2. The van der Waals surface area contributed by atoms with Gasteiger partial charge in [-0.2, -0.15) is 0 Å². The van der Waals surface area contributed by atoms with Crippen molar-refractivity contribution in [3.8, 4) is 17.1 Å². The number of methoxy groups -OCH3 is 1. The molecule has 0 aliphatic rings. The minimum atomic E-state index is -0.129. The van der Waals surface area contributed by atoms with Gasteiger partial charge in [0.05, 0.1) is 12.9 Å². The van der Waals surface area contributed by atoms with Crippen LogP contribution < -0.4 is 10.1 Å². The van der Waals surface area contributed by atoms with Crippen molar-refractivity contribution in [3.05, 3.63) is 53.6 Å². The summed E-state index contributed by atoms with van der Waals surface area (Å²) >= 11 is 7.35. The highest BCUT2D eigenvalue weighted by atomic mass is 35.5. The first-order valence-electron chi connectivity index (χ1n) is 7.79. The van der Waals surface area contributed by atoms with Gasteiger partial charge >= 0.3 is 0 Å². The fourth-order valence-corrected chi connectivity index (χ4v) is 3.25. The Kier molecular flexibility index (Phi) is 5.80. The molecule has 0 aliphatic heterocycles. The molecule has 2 aromatic carbocycles. The van der Waals surface area contributed by atoms with Crippen molar-refractivity contribution in [3.63, 3.8) is 0 Å². The third-order valence-corrected chi connectivity index (χ3v) is 4.86. The minimum Gasteiger partial charge on any atom is -0.497 e. The van der Waals surface area contributed by atoms with E-state index in [1.54, 1.807) is 19.2 Å². The zero-order valence-electron chi connectivity index (χ0n) is 14.3. The van der Waals surface area contributed by atoms with E-state index in [1.165, 1.54) is 11.8 Å². The predicted molar refractivity (Wildman–Crippen MR) is 104 cm³/mol. The quantitative estimate of drug-likeness (QED) is 0.649. The Morgan fingerprint density at radius 2 is 2.04 bits per heavy atom. The molecular weight excluding hydrogens is 372 g/mol. The van der Waals surface area contributed by atoms with E-state index in [4.69, 9.17) is 16.3 Å². The fraction of sp³-hybridized carbons (Fsp3) is 0.167. The summed E-state index contributed by atoms with van der Waals surface area (Å²) in [5.74, 6) is 1.48. The molecule has 0 saturated heterocycles. The summed E-state index contributed by atoms with van der Waals surface area (Å²) in [6.07, 6.45) is 0. The molecule has 134 valence electrons. The molecule has 6 nitrogen and oxygen atoms in total. The highest BCUT2D eigenvalue weighted by Crippen LogP contribution is 2.25. The molecule has 0 aliphatic carbocycles. The van der Waals surface area contributed by atoms with Crippen molar-refractivity contribution in [2.75, 3.05) is 18.2 Å². The number of thioether (sulfide) groups is 1. The van der Waals surface area contributed by atoms with Crippen molar-refractivity contribution in [2.24, 2.45) is 7.05 Å². The average Bonchev–Trinajstić information content (AvgIpc) is 3.01. The van der Waals surface area contributed by atoms with Crippen LogP contribution in [0.15, 0.2) is 53.7 Å². The van der Waals surface area contributed by atoms with Crippen LogP contribution in [0.25, 0.3) is 11.4 Å². The highest BCUT2D eigenvalue weighted by Gasteiger charge is 2.13. The van der Waals surface area contributed by atoms with Gasteiger partial charge < -0.3 is 14.6 Å². The monoisotopic (exact) mass is 388 g/mol. The number of carbonyl (C=O) groups excluding carboxylic acids is 1. The molecule has 3 aromatic rings. The smallest absolute Gasteiger partial charge is 0.234 e. The Bertz CT molecular complexity index is 929. The molecule has 0 atom stereocenters. The SMILES string of the molecule is COc1cccc(NC(=O)CSc2nnc(-c3cccc(Cl)c3)n2C)c1. The van der Waals surface area contributed by atoms with Gasteiger partial charge in [-0.05, 0) is 24.3 Å². The van der Waals surface area contributed by atoms with Crippen LogP contribution in [0.1, 0.15) is 0 Å². The molecule has 0 saturated carbocycles. The first-order chi connectivity index (χ1) is 12.6. The molecule has 0 spiro atoms. The van der Waals surface area contributed by atoms with Crippen molar-refractivity contribution >= 4 is 35.0 Å². The molecule has 1 aromatic heterocycles. The van der Waals surface area contributed by atoms with Gasteiger partial charge in [-0.1, -0.05) is 41.6 Å². The molecule has 0 bridgehead atoms. The molecule has 0 unspecified atom stereocenters. The Morgan fingerprint density at radius 3 is 2.81 bits per heavy atom. The minimum absolute atomic E-state index is 0.129. The Morgan fingerprint density at radius 1 is 1.23 bits per heavy atom. The van der Waals surface area contributed by atoms with Gasteiger partial charge in [0.1, 0.15) is 5.75 Å². The van der Waals surface area contributed by atoms with Gasteiger partial charge in [0.25, 0.3) is 0 Å². The summed E-state index contributed by atoms with van der Waals surface area (Å²) in [5, 5.41) is 12.5. The van der Waals surface area contributed by atoms with E-state index in [1.807, 2.05) is 48.0 Å². The van der Waals surface area contributed by atoms with E-state index in [0.717, 1.165) is 5.56 Å². The van der Waals surface area contributed by atoms with E-state index in [2.05, 4.69) is 15.5 Å². The summed E-state index contributed by atoms with van der Waals surface area (Å²) in [4.78, 5) is 12.2. The number of nitrogens with zero attached hydrogens (tertiary/aromatic N) is 3. The van der Waals surface area contributed by atoms with Crippen LogP contribution in [-0.2, 0) is 11.8 Å². The lowest BCUT2D eigenvalue weighted by molar-refractivity contribution is -0.113. The highest BCUT2D eigenvalue weighted by molar-refractivity contribution is 7.99. The number of hydrogen-bond donors (Lipinski definition) is 1. The fourth-order valence-electron chi connectivity index (χ4n) is 2.35. The lowest BCUT2D eigenvalue weighted by Crippen LogP contribution is -2.14. The van der Waals surface area contributed by atoms with Gasteiger partial charge in [-0.15, -0.1) is 10.2 Å². The Labute approximate surface area is 160 Å². The molecule has 1 N–H and O–H groups in total. The van der Waals surface area contributed by atoms with E-state index in [9.17, 15) is 4.79 Å². The third kappa shape index (κ3) is 4.36. The molecule has 1 heterocycles. The summed E-state index contributed by atoms with van der Waals surface area (Å²) in [6, 6.07) is 14.6. The molecule has 0 fully saturated rings. The second-order valence-electron chi connectivity index (χ2n) is 5.44. The number of hydrogen-bond acceptors (Lipinski definition) is 5. The maximum absolute atomic E-state index is 12.2. The lowest BCUT2D eigenvalue weighted by Gasteiger charge is -2.07. The van der Waals surface area contributed by atoms with Crippen LogP contribution in [0.5, 0.6) is 5.75 Å². The standard InChI is InChI=1S/C18H17ClN4O2S/c1-23-17(12-5-3-6-13(19)9-12)21-22-18(23)26-11-16(24)20-14-7-4-8-15(10-14)25-2/h3-10H,11H2,1-2H3,(H,20,24). The second kappa shape index (κ2) is 8.25. The van der Waals surface area contributed by atoms with Crippen LogP contribution in [0.4, 0.5) is 5.69 Å². The van der Waals surface area contributed by atoms with Crippen molar-refractivity contribution in [1.29, 1.82) is 0 Å². The van der Waals surface area contributed by atoms with Gasteiger partial charge in [0, 0.05) is 29.4 Å². The number of rotatable bonds is 6. The third-order valence-electron chi connectivity index (χ3n) is 3.60. The largest absolute Gasteiger partial charge is 0.497 e. The van der Waals surface area contributed by atoms with Gasteiger partial charge in [-0.3, -0.25) is 4.79 Å². The maximum atomic E-state index is 12.2. The molecule has 8 heteroatoms. The summed E-state index contributed by atoms with van der Waals surface area (Å²) in [5.41, 5.74) is 1.56. The van der Waals surface area contributed by atoms with Crippen LogP contribution in [-0.4, -0.2) is 33.5 Å². The maximum Gasteiger partial charge on any atom is 0.234 e. The second-order valence-corrected chi connectivity index (χ2v) is 6.82. The molecule has 0 radical (unpaired) electrons. The Hall–Kier alpha value is -2.51. The Balaban J connectivity index is 1.64. The van der Waals surface area contributed by atoms with Crippen LogP contribution >= 0.6 is 23.4 Å². The molecule has 3 rings (SSSR count). The zero-order chi connectivity index (χ0) is 18.5. The molecule has 1 amide bonds. The van der Waals surface area contributed by atoms with Crippen LogP contribution in [0.3, 0.4) is 0 Å². The first-order valence-corrected chi connectivity index (χ1v) is 9.15. The number of carbonyl (C=O) groups is 1. The number of aromatic nitrogens is 3. The number of anilines is 1. The lowest BCUT2D eigenvalue weighted by atomic mass is 10.2. The van der Waals surface area contributed by atoms with Gasteiger partial charge in [-0.25, -0.2) is 0 Å². The number of amides is 1. The number of nitrogens with one attached hydrogen (secondary N) is 1. The van der Waals surface area contributed by atoms with Crippen LogP contribution in [0, 0.1) is 0 Å². The van der Waals surface area contributed by atoms with Crippen molar-refractivity contribution < 1.29 is 9.53 Å². The predicted octanol–water partition coefficient (Wildman–Crippen LogP) is 3.87. The number of ether oxygens (including phenoxy) is 1. The van der Waals surface area contributed by atoms with E-state index < -0.39 is 0 Å². The summed E-state index contributed by atoms with van der Waals surface area (Å²) < 4.78 is 6.99. The topological polar surface area (TPSA) is 69.0 Å². The van der Waals surface area contributed by atoms with E-state index in [-0.39, 0.29) is 11.7 Å². The molecular formula is C18H17ClN4O2S. The van der Waals surface area contributed by atoms with E-state index >= 15 is 0 Å². The van der Waals surface area contributed by atoms with Crippen LogP contribution in [0.2, 0.25) is 5.02 Å². The average molecular weight is 389 g/mol. The van der Waals surface area contributed by atoms with E-state index in [0.29, 0.717) is 27.4 Å². The van der Waals surface area contributed by atoms with Crippen molar-refractivity contribution in [1.82, 2.24) is 14.8 Å². The van der Waals surface area contributed by atoms with Gasteiger partial charge in [0.2, 0.25) is 5.91 Å². The summed E-state index contributed by atoms with van der Waals surface area (Å²) in [6.45, 7) is 0.